The summed E-state index contributed by atoms with van der Waals surface area (Å²) >= 11 is 3.54. The lowest BCUT2D eigenvalue weighted by atomic mass is 9.91. The van der Waals surface area contributed by atoms with E-state index in [1.807, 2.05) is 19.9 Å². The molecule has 2 atom stereocenters. The van der Waals surface area contributed by atoms with Gasteiger partial charge in [-0.1, -0.05) is 22.0 Å². The molecule has 0 bridgehead atoms. The fraction of sp³-hybridized carbons (Fsp3) is 0.600. The normalized spacial score (nSPS) is 20.4. The number of hydrogen-bond donors (Lipinski definition) is 2. The van der Waals surface area contributed by atoms with Crippen LogP contribution < -0.4 is 10.6 Å². The Hall–Kier alpha value is -0.580. The maximum atomic E-state index is 9.67. The van der Waals surface area contributed by atoms with E-state index in [0.29, 0.717) is 5.92 Å². The summed E-state index contributed by atoms with van der Waals surface area (Å²) in [5.41, 5.74) is 8.49. The van der Waals surface area contributed by atoms with Crippen LogP contribution in [0.5, 0.6) is 0 Å². The Morgan fingerprint density at radius 3 is 2.47 bits per heavy atom. The van der Waals surface area contributed by atoms with Gasteiger partial charge in [-0.15, -0.1) is 0 Å². The molecule has 0 aromatic heterocycles. The van der Waals surface area contributed by atoms with Crippen molar-refractivity contribution < 1.29 is 5.11 Å². The summed E-state index contributed by atoms with van der Waals surface area (Å²) in [5, 5.41) is 9.67. The Kier molecular flexibility index (Phi) is 4.87. The van der Waals surface area contributed by atoms with Crippen LogP contribution in [0.1, 0.15) is 38.3 Å². The minimum absolute atomic E-state index is 0.0394. The maximum absolute atomic E-state index is 9.67. The van der Waals surface area contributed by atoms with E-state index in [2.05, 4.69) is 33.0 Å². The Labute approximate surface area is 123 Å². The van der Waals surface area contributed by atoms with Gasteiger partial charge in [-0.2, -0.15) is 0 Å². The first-order valence-electron chi connectivity index (χ1n) is 6.97. The zero-order chi connectivity index (χ0) is 14.0. The molecular formula is C15H23BrN2O. The van der Waals surface area contributed by atoms with Gasteiger partial charge in [-0.3, -0.25) is 0 Å². The molecule has 4 heteroatoms. The summed E-state index contributed by atoms with van der Waals surface area (Å²) in [6.45, 7) is 5.90. The number of halogens is 1. The van der Waals surface area contributed by atoms with E-state index >= 15 is 0 Å². The number of nitrogens with zero attached hydrogens (tertiary/aromatic N) is 1. The number of benzene rings is 1. The molecule has 0 spiro atoms. The number of nitrogens with two attached hydrogens (primary N) is 1. The Morgan fingerprint density at radius 2 is 1.95 bits per heavy atom. The van der Waals surface area contributed by atoms with E-state index in [9.17, 15) is 5.11 Å². The molecule has 0 saturated carbocycles. The molecule has 1 heterocycles. The van der Waals surface area contributed by atoms with Crippen molar-refractivity contribution >= 4 is 21.6 Å². The molecule has 0 aliphatic carbocycles. The van der Waals surface area contributed by atoms with Crippen molar-refractivity contribution in [3.05, 3.63) is 28.2 Å². The standard InChI is InChI=1S/C15H23BrN2O/c1-10(17)14-4-3-13(16)9-15(14)18-7-5-12(6-8-18)11(2)19/h3-4,9-12,19H,5-8,17H2,1-2H3. The number of rotatable bonds is 3. The summed E-state index contributed by atoms with van der Waals surface area (Å²) in [6.07, 6.45) is 1.89. The number of aliphatic hydroxyl groups excluding tert-OH is 1. The quantitative estimate of drug-likeness (QED) is 0.897. The van der Waals surface area contributed by atoms with Crippen LogP contribution in [0.4, 0.5) is 5.69 Å². The number of aliphatic hydroxyl groups is 1. The second kappa shape index (κ2) is 6.25. The molecule has 1 aromatic carbocycles. The van der Waals surface area contributed by atoms with Crippen molar-refractivity contribution in [3.8, 4) is 0 Å². The topological polar surface area (TPSA) is 49.5 Å². The molecule has 19 heavy (non-hydrogen) atoms. The van der Waals surface area contributed by atoms with Crippen molar-refractivity contribution in [2.45, 2.75) is 38.8 Å². The lowest BCUT2D eigenvalue weighted by Crippen LogP contribution is -2.37. The predicted octanol–water partition coefficient (Wildman–Crippen LogP) is 3.07. The van der Waals surface area contributed by atoms with Gasteiger partial charge in [0.25, 0.3) is 0 Å². The largest absolute Gasteiger partial charge is 0.393 e. The van der Waals surface area contributed by atoms with Crippen LogP contribution in [-0.4, -0.2) is 24.3 Å². The Morgan fingerprint density at radius 1 is 1.32 bits per heavy atom. The Balaban J connectivity index is 2.16. The highest BCUT2D eigenvalue weighted by Gasteiger charge is 2.24. The van der Waals surface area contributed by atoms with Gasteiger partial charge in [0.05, 0.1) is 6.10 Å². The van der Waals surface area contributed by atoms with E-state index in [4.69, 9.17) is 5.73 Å². The average molecular weight is 327 g/mol. The molecule has 1 aliphatic rings. The number of anilines is 1. The summed E-state index contributed by atoms with van der Waals surface area (Å²) in [4.78, 5) is 2.39. The third kappa shape index (κ3) is 3.50. The van der Waals surface area contributed by atoms with Crippen LogP contribution in [0.15, 0.2) is 22.7 Å². The first-order valence-corrected chi connectivity index (χ1v) is 7.76. The molecule has 0 radical (unpaired) electrons. The molecule has 3 N–H and O–H groups in total. The monoisotopic (exact) mass is 326 g/mol. The maximum Gasteiger partial charge on any atom is 0.0541 e. The van der Waals surface area contributed by atoms with Gasteiger partial charge in [0, 0.05) is 29.3 Å². The van der Waals surface area contributed by atoms with Gasteiger partial charge >= 0.3 is 0 Å². The molecule has 1 aromatic rings. The minimum atomic E-state index is -0.197. The average Bonchev–Trinajstić information content (AvgIpc) is 2.38. The summed E-state index contributed by atoms with van der Waals surface area (Å²) in [7, 11) is 0. The van der Waals surface area contributed by atoms with E-state index < -0.39 is 0 Å². The third-order valence-corrected chi connectivity index (χ3v) is 4.54. The molecule has 0 amide bonds. The van der Waals surface area contributed by atoms with Crippen molar-refractivity contribution in [2.75, 3.05) is 18.0 Å². The third-order valence-electron chi connectivity index (χ3n) is 4.05. The van der Waals surface area contributed by atoms with Gasteiger partial charge in [-0.25, -0.2) is 0 Å². The number of piperidine rings is 1. The molecule has 2 unspecified atom stereocenters. The predicted molar refractivity (Wildman–Crippen MR) is 83.4 cm³/mol. The molecule has 1 aliphatic heterocycles. The van der Waals surface area contributed by atoms with E-state index in [1.54, 1.807) is 0 Å². The zero-order valence-electron chi connectivity index (χ0n) is 11.6. The highest BCUT2D eigenvalue weighted by atomic mass is 79.9. The lowest BCUT2D eigenvalue weighted by Gasteiger charge is -2.36. The molecular weight excluding hydrogens is 304 g/mol. The van der Waals surface area contributed by atoms with Gasteiger partial charge in [-0.05, 0) is 50.3 Å². The van der Waals surface area contributed by atoms with Crippen molar-refractivity contribution in [1.82, 2.24) is 0 Å². The van der Waals surface area contributed by atoms with E-state index in [-0.39, 0.29) is 12.1 Å². The van der Waals surface area contributed by atoms with Crippen LogP contribution >= 0.6 is 15.9 Å². The highest BCUT2D eigenvalue weighted by Crippen LogP contribution is 2.32. The van der Waals surface area contributed by atoms with Crippen molar-refractivity contribution in [1.29, 1.82) is 0 Å². The number of hydrogen-bond acceptors (Lipinski definition) is 3. The van der Waals surface area contributed by atoms with Crippen LogP contribution in [-0.2, 0) is 0 Å². The van der Waals surface area contributed by atoms with Gasteiger partial charge in [0.15, 0.2) is 0 Å². The van der Waals surface area contributed by atoms with Gasteiger partial charge in [0.1, 0.15) is 0 Å². The highest BCUT2D eigenvalue weighted by molar-refractivity contribution is 9.10. The smallest absolute Gasteiger partial charge is 0.0541 e. The summed E-state index contributed by atoms with van der Waals surface area (Å²) < 4.78 is 1.09. The first kappa shape index (κ1) is 14.8. The van der Waals surface area contributed by atoms with E-state index in [1.165, 1.54) is 11.3 Å². The first-order chi connectivity index (χ1) is 8.99. The van der Waals surface area contributed by atoms with E-state index in [0.717, 1.165) is 30.4 Å². The molecule has 106 valence electrons. The van der Waals surface area contributed by atoms with Crippen LogP contribution in [0, 0.1) is 5.92 Å². The Bertz CT molecular complexity index is 426. The van der Waals surface area contributed by atoms with Gasteiger partial charge in [0.2, 0.25) is 0 Å². The minimum Gasteiger partial charge on any atom is -0.393 e. The van der Waals surface area contributed by atoms with Crippen LogP contribution in [0.2, 0.25) is 0 Å². The van der Waals surface area contributed by atoms with Crippen molar-refractivity contribution in [2.24, 2.45) is 11.7 Å². The fourth-order valence-electron chi connectivity index (χ4n) is 2.80. The lowest BCUT2D eigenvalue weighted by molar-refractivity contribution is 0.110. The van der Waals surface area contributed by atoms with Crippen LogP contribution in [0.25, 0.3) is 0 Å². The van der Waals surface area contributed by atoms with Gasteiger partial charge < -0.3 is 15.7 Å². The zero-order valence-corrected chi connectivity index (χ0v) is 13.2. The SMILES string of the molecule is CC(N)c1ccc(Br)cc1N1CCC(C(C)O)CC1. The molecule has 2 rings (SSSR count). The molecule has 3 nitrogen and oxygen atoms in total. The summed E-state index contributed by atoms with van der Waals surface area (Å²) in [5.74, 6) is 0.433. The molecule has 1 saturated heterocycles. The second-order valence-electron chi connectivity index (χ2n) is 5.56. The van der Waals surface area contributed by atoms with Crippen molar-refractivity contribution in [3.63, 3.8) is 0 Å². The fourth-order valence-corrected chi connectivity index (χ4v) is 3.15. The second-order valence-corrected chi connectivity index (χ2v) is 6.47. The van der Waals surface area contributed by atoms with Crippen LogP contribution in [0.3, 0.4) is 0 Å². The molecule has 1 fully saturated rings. The summed E-state index contributed by atoms with van der Waals surface area (Å²) in [6, 6.07) is 6.34.